The number of aliphatic imine (C=N–C) groups is 1. The summed E-state index contributed by atoms with van der Waals surface area (Å²) >= 11 is 0. The first-order chi connectivity index (χ1) is 10.9. The zero-order valence-electron chi connectivity index (χ0n) is 16.4. The Morgan fingerprint density at radius 1 is 1.09 bits per heavy atom. The van der Waals surface area contributed by atoms with Gasteiger partial charge in [-0.1, -0.05) is 13.8 Å². The highest BCUT2D eigenvalue weighted by Gasteiger charge is 2.23. The summed E-state index contributed by atoms with van der Waals surface area (Å²) in [5.41, 5.74) is 0. The molecule has 0 aromatic rings. The van der Waals surface area contributed by atoms with E-state index in [0.29, 0.717) is 12.1 Å². The summed E-state index contributed by atoms with van der Waals surface area (Å²) in [5, 5.41) is 7.09. The predicted molar refractivity (Wildman–Crippen MR) is 102 cm³/mol. The molecule has 1 aliphatic rings. The van der Waals surface area contributed by atoms with E-state index in [2.05, 4.69) is 55.3 Å². The molecule has 0 heterocycles. The Morgan fingerprint density at radius 3 is 2.26 bits per heavy atom. The normalized spacial score (nSPS) is 22.9. The van der Waals surface area contributed by atoms with Gasteiger partial charge in [-0.15, -0.1) is 0 Å². The van der Waals surface area contributed by atoms with Crippen molar-refractivity contribution >= 4 is 5.96 Å². The van der Waals surface area contributed by atoms with Crippen LogP contribution in [0.3, 0.4) is 0 Å². The molecule has 0 saturated heterocycles. The van der Waals surface area contributed by atoms with Crippen LogP contribution in [0.15, 0.2) is 4.99 Å². The third-order valence-corrected chi connectivity index (χ3v) is 5.39. The highest BCUT2D eigenvalue weighted by atomic mass is 15.2. The van der Waals surface area contributed by atoms with Gasteiger partial charge in [0.1, 0.15) is 0 Å². The summed E-state index contributed by atoms with van der Waals surface area (Å²) in [6.45, 7) is 11.4. The van der Waals surface area contributed by atoms with Crippen LogP contribution in [0.1, 0.15) is 66.2 Å². The molecule has 0 atom stereocenters. The number of unbranched alkanes of at least 4 members (excludes halogenated alkanes) is 1. The first kappa shape index (κ1) is 20.3. The lowest BCUT2D eigenvalue weighted by atomic mass is 9.80. The molecule has 0 radical (unpaired) electrons. The van der Waals surface area contributed by atoms with Crippen molar-refractivity contribution in [3.63, 3.8) is 0 Å². The number of nitrogens with zero attached hydrogens (tertiary/aromatic N) is 2. The van der Waals surface area contributed by atoms with Gasteiger partial charge in [0.05, 0.1) is 0 Å². The molecule has 1 fully saturated rings. The Kier molecular flexibility index (Phi) is 9.61. The molecule has 0 aromatic carbocycles. The lowest BCUT2D eigenvalue weighted by Crippen LogP contribution is -2.45. The number of guanidine groups is 1. The van der Waals surface area contributed by atoms with Crippen LogP contribution in [0.5, 0.6) is 0 Å². The van der Waals surface area contributed by atoms with Crippen molar-refractivity contribution < 1.29 is 0 Å². The van der Waals surface area contributed by atoms with E-state index in [-0.39, 0.29) is 0 Å². The van der Waals surface area contributed by atoms with Gasteiger partial charge in [-0.3, -0.25) is 4.99 Å². The molecule has 0 aromatic heterocycles. The van der Waals surface area contributed by atoms with Crippen molar-refractivity contribution in [2.45, 2.75) is 78.3 Å². The molecule has 4 nitrogen and oxygen atoms in total. The van der Waals surface area contributed by atoms with E-state index in [4.69, 9.17) is 0 Å². The van der Waals surface area contributed by atoms with Gasteiger partial charge in [-0.05, 0) is 77.8 Å². The molecule has 2 N–H and O–H groups in total. The molecular weight excluding hydrogens is 284 g/mol. The van der Waals surface area contributed by atoms with Crippen molar-refractivity contribution in [2.75, 3.05) is 27.2 Å². The van der Waals surface area contributed by atoms with Crippen molar-refractivity contribution in [2.24, 2.45) is 16.8 Å². The Morgan fingerprint density at radius 2 is 1.74 bits per heavy atom. The molecular formula is C19H40N4. The fraction of sp³-hybridized carbons (Fsp3) is 0.947. The summed E-state index contributed by atoms with van der Waals surface area (Å²) in [7, 11) is 4.08. The van der Waals surface area contributed by atoms with Crippen LogP contribution in [0.2, 0.25) is 0 Å². The monoisotopic (exact) mass is 324 g/mol. The first-order valence-corrected chi connectivity index (χ1v) is 9.61. The van der Waals surface area contributed by atoms with E-state index in [0.717, 1.165) is 24.3 Å². The second kappa shape index (κ2) is 10.9. The van der Waals surface area contributed by atoms with Gasteiger partial charge in [0, 0.05) is 25.7 Å². The molecule has 136 valence electrons. The zero-order valence-corrected chi connectivity index (χ0v) is 16.4. The van der Waals surface area contributed by atoms with Gasteiger partial charge in [-0.25, -0.2) is 0 Å². The van der Waals surface area contributed by atoms with Crippen LogP contribution in [0, 0.1) is 11.8 Å². The summed E-state index contributed by atoms with van der Waals surface area (Å²) < 4.78 is 0. The van der Waals surface area contributed by atoms with E-state index < -0.39 is 0 Å². The molecule has 4 heteroatoms. The first-order valence-electron chi connectivity index (χ1n) is 9.61. The van der Waals surface area contributed by atoms with Crippen molar-refractivity contribution in [1.29, 1.82) is 0 Å². The summed E-state index contributed by atoms with van der Waals surface area (Å²) in [4.78, 5) is 6.78. The van der Waals surface area contributed by atoms with Crippen LogP contribution >= 0.6 is 0 Å². The van der Waals surface area contributed by atoms with Gasteiger partial charge < -0.3 is 15.5 Å². The SMILES string of the molecule is CN=C(NCCCCN(C)C(C)C)NC1CCC(C(C)C)CC1. The predicted octanol–water partition coefficient (Wildman–Crippen LogP) is 3.49. The molecule has 0 aliphatic heterocycles. The van der Waals surface area contributed by atoms with Crippen LogP contribution in [0.25, 0.3) is 0 Å². The second-order valence-electron chi connectivity index (χ2n) is 7.78. The molecule has 1 saturated carbocycles. The van der Waals surface area contributed by atoms with E-state index in [1.165, 1.54) is 45.1 Å². The largest absolute Gasteiger partial charge is 0.356 e. The Labute approximate surface area is 144 Å². The maximum Gasteiger partial charge on any atom is 0.191 e. The van der Waals surface area contributed by atoms with E-state index in [1.54, 1.807) is 0 Å². The van der Waals surface area contributed by atoms with Crippen LogP contribution in [0.4, 0.5) is 0 Å². The maximum absolute atomic E-state index is 4.38. The minimum atomic E-state index is 0.600. The summed E-state index contributed by atoms with van der Waals surface area (Å²) in [6, 6.07) is 1.24. The number of hydrogen-bond donors (Lipinski definition) is 2. The van der Waals surface area contributed by atoms with E-state index in [1.807, 2.05) is 7.05 Å². The standard InChI is InChI=1S/C19H40N4/c1-15(2)17-9-11-18(12-10-17)22-19(20-5)21-13-7-8-14-23(6)16(3)4/h15-18H,7-14H2,1-6H3,(H2,20,21,22). The Hall–Kier alpha value is -0.770. The van der Waals surface area contributed by atoms with Gasteiger partial charge in [-0.2, -0.15) is 0 Å². The van der Waals surface area contributed by atoms with Gasteiger partial charge in [0.25, 0.3) is 0 Å². The number of nitrogens with one attached hydrogen (secondary N) is 2. The number of rotatable bonds is 8. The minimum Gasteiger partial charge on any atom is -0.356 e. The van der Waals surface area contributed by atoms with Gasteiger partial charge in [0.15, 0.2) is 5.96 Å². The lowest BCUT2D eigenvalue weighted by molar-refractivity contribution is 0.250. The zero-order chi connectivity index (χ0) is 17.2. The van der Waals surface area contributed by atoms with Crippen LogP contribution < -0.4 is 10.6 Å². The molecule has 0 unspecified atom stereocenters. The van der Waals surface area contributed by atoms with E-state index in [9.17, 15) is 0 Å². The average molecular weight is 325 g/mol. The summed E-state index contributed by atoms with van der Waals surface area (Å²) in [6.07, 6.45) is 7.70. The smallest absolute Gasteiger partial charge is 0.191 e. The minimum absolute atomic E-state index is 0.600. The van der Waals surface area contributed by atoms with Crippen molar-refractivity contribution in [3.05, 3.63) is 0 Å². The molecule has 0 spiro atoms. The summed E-state index contributed by atoms with van der Waals surface area (Å²) in [5.74, 6) is 2.73. The van der Waals surface area contributed by atoms with Crippen molar-refractivity contribution in [3.8, 4) is 0 Å². The average Bonchev–Trinajstić information content (AvgIpc) is 2.53. The fourth-order valence-electron chi connectivity index (χ4n) is 3.27. The topological polar surface area (TPSA) is 39.7 Å². The van der Waals surface area contributed by atoms with Crippen LogP contribution in [-0.4, -0.2) is 50.1 Å². The Balaban J connectivity index is 2.16. The van der Waals surface area contributed by atoms with E-state index >= 15 is 0 Å². The quantitative estimate of drug-likeness (QED) is 0.408. The van der Waals surface area contributed by atoms with Crippen LogP contribution in [-0.2, 0) is 0 Å². The van der Waals surface area contributed by atoms with Gasteiger partial charge in [0.2, 0.25) is 0 Å². The maximum atomic E-state index is 4.38. The molecule has 0 amide bonds. The number of hydrogen-bond acceptors (Lipinski definition) is 2. The molecule has 1 aliphatic carbocycles. The fourth-order valence-corrected chi connectivity index (χ4v) is 3.27. The molecule has 23 heavy (non-hydrogen) atoms. The Bertz CT molecular complexity index is 330. The third-order valence-electron chi connectivity index (χ3n) is 5.39. The highest BCUT2D eigenvalue weighted by Crippen LogP contribution is 2.29. The van der Waals surface area contributed by atoms with Gasteiger partial charge >= 0.3 is 0 Å². The van der Waals surface area contributed by atoms with Crippen molar-refractivity contribution in [1.82, 2.24) is 15.5 Å². The highest BCUT2D eigenvalue weighted by molar-refractivity contribution is 5.79. The molecule has 1 rings (SSSR count). The third kappa shape index (κ3) is 8.05. The molecule has 0 bridgehead atoms. The second-order valence-corrected chi connectivity index (χ2v) is 7.78. The lowest BCUT2D eigenvalue weighted by Gasteiger charge is -2.32.